The van der Waals surface area contributed by atoms with Gasteiger partial charge in [-0.2, -0.15) is 4.98 Å². The zero-order valence-corrected chi connectivity index (χ0v) is 16.9. The Bertz CT molecular complexity index is 1070. The summed E-state index contributed by atoms with van der Waals surface area (Å²) in [4.78, 5) is 28.8. The van der Waals surface area contributed by atoms with E-state index < -0.39 is 23.4 Å². The molecule has 1 aromatic heterocycles. The fourth-order valence-corrected chi connectivity index (χ4v) is 2.52. The molecule has 2 amide bonds. The second kappa shape index (κ2) is 8.32. The van der Waals surface area contributed by atoms with E-state index in [0.717, 1.165) is 6.07 Å². The number of carbonyl (C=O) groups excluding carboxylic acids is 2. The maximum Gasteiger partial charge on any atom is 0.412 e. The van der Waals surface area contributed by atoms with Gasteiger partial charge in [-0.05, 0) is 70.2 Å². The number of rotatable bonds is 4. The third-order valence-corrected chi connectivity index (χ3v) is 3.79. The van der Waals surface area contributed by atoms with Gasteiger partial charge in [0.15, 0.2) is 5.82 Å². The number of anilines is 2. The quantitative estimate of drug-likeness (QED) is 0.638. The smallest absolute Gasteiger partial charge is 0.412 e. The number of halogens is 1. The zero-order chi connectivity index (χ0) is 21.9. The van der Waals surface area contributed by atoms with Crippen molar-refractivity contribution in [3.05, 3.63) is 59.7 Å². The molecule has 0 saturated heterocycles. The summed E-state index contributed by atoms with van der Waals surface area (Å²) in [7, 11) is 0. The standard InChI is InChI=1S/C21H21FN4O4/c1-12-23-19(30-26-12)14-7-5-13(6-8-14)18(27)24-17-11-15(22)9-10-16(17)25-20(28)29-21(2,3)4/h5-11H,1-4H3,(H,24,27)(H,25,28). The molecule has 9 heteroatoms. The van der Waals surface area contributed by atoms with Crippen molar-refractivity contribution in [3.63, 3.8) is 0 Å². The van der Waals surface area contributed by atoms with Crippen molar-refractivity contribution in [2.45, 2.75) is 33.3 Å². The summed E-state index contributed by atoms with van der Waals surface area (Å²) in [6.07, 6.45) is -0.719. The predicted molar refractivity (Wildman–Crippen MR) is 109 cm³/mol. The summed E-state index contributed by atoms with van der Waals surface area (Å²) in [5.41, 5.74) is 0.582. The van der Waals surface area contributed by atoms with Crippen LogP contribution in [0.3, 0.4) is 0 Å². The van der Waals surface area contributed by atoms with E-state index in [1.807, 2.05) is 0 Å². The summed E-state index contributed by atoms with van der Waals surface area (Å²) >= 11 is 0. The van der Waals surface area contributed by atoms with Gasteiger partial charge in [-0.15, -0.1) is 0 Å². The molecule has 1 heterocycles. The molecule has 0 unspecified atom stereocenters. The lowest BCUT2D eigenvalue weighted by Crippen LogP contribution is -2.27. The molecule has 156 valence electrons. The van der Waals surface area contributed by atoms with Crippen LogP contribution in [0, 0.1) is 12.7 Å². The molecule has 0 saturated carbocycles. The second-order valence-electron chi connectivity index (χ2n) is 7.50. The molecule has 3 aromatic rings. The zero-order valence-electron chi connectivity index (χ0n) is 16.9. The molecule has 30 heavy (non-hydrogen) atoms. The van der Waals surface area contributed by atoms with Gasteiger partial charge in [0.2, 0.25) is 0 Å². The molecule has 0 bridgehead atoms. The van der Waals surface area contributed by atoms with Gasteiger partial charge in [0.05, 0.1) is 11.4 Å². The summed E-state index contributed by atoms with van der Waals surface area (Å²) in [5, 5.41) is 8.84. The van der Waals surface area contributed by atoms with E-state index in [-0.39, 0.29) is 11.4 Å². The molecule has 0 aliphatic carbocycles. The first kappa shape index (κ1) is 21.0. The number of carbonyl (C=O) groups is 2. The Balaban J connectivity index is 1.76. The monoisotopic (exact) mass is 412 g/mol. The number of nitrogens with one attached hydrogen (secondary N) is 2. The second-order valence-corrected chi connectivity index (χ2v) is 7.50. The lowest BCUT2D eigenvalue weighted by atomic mass is 10.1. The molecule has 8 nitrogen and oxygen atoms in total. The van der Waals surface area contributed by atoms with Gasteiger partial charge in [0, 0.05) is 11.1 Å². The SMILES string of the molecule is Cc1noc(-c2ccc(C(=O)Nc3cc(F)ccc3NC(=O)OC(C)(C)C)cc2)n1. The lowest BCUT2D eigenvalue weighted by Gasteiger charge is -2.20. The molecule has 0 aliphatic rings. The Hall–Kier alpha value is -3.75. The Morgan fingerprint density at radius 3 is 2.33 bits per heavy atom. The minimum atomic E-state index is -0.719. The van der Waals surface area contributed by atoms with Gasteiger partial charge >= 0.3 is 6.09 Å². The Morgan fingerprint density at radius 1 is 1.03 bits per heavy atom. The largest absolute Gasteiger partial charge is 0.444 e. The van der Waals surface area contributed by atoms with Crippen LogP contribution in [0.1, 0.15) is 37.0 Å². The lowest BCUT2D eigenvalue weighted by molar-refractivity contribution is 0.0635. The molecule has 2 aromatic carbocycles. The Labute approximate surface area is 172 Å². The highest BCUT2D eigenvalue weighted by Crippen LogP contribution is 2.25. The first-order chi connectivity index (χ1) is 14.1. The van der Waals surface area contributed by atoms with Crippen molar-refractivity contribution in [3.8, 4) is 11.5 Å². The van der Waals surface area contributed by atoms with E-state index in [2.05, 4.69) is 20.8 Å². The van der Waals surface area contributed by atoms with Crippen LogP contribution in [0.5, 0.6) is 0 Å². The van der Waals surface area contributed by atoms with Crippen LogP contribution in [0.15, 0.2) is 47.0 Å². The van der Waals surface area contributed by atoms with E-state index in [1.165, 1.54) is 12.1 Å². The molecule has 3 rings (SSSR count). The van der Waals surface area contributed by atoms with Crippen molar-refractivity contribution in [2.24, 2.45) is 0 Å². The van der Waals surface area contributed by atoms with Gasteiger partial charge in [-0.1, -0.05) is 5.16 Å². The van der Waals surface area contributed by atoms with Crippen LogP contribution in [0.4, 0.5) is 20.6 Å². The molecule has 0 atom stereocenters. The predicted octanol–water partition coefficient (Wildman–Crippen LogP) is 4.78. The summed E-state index contributed by atoms with van der Waals surface area (Å²) in [6, 6.07) is 10.1. The van der Waals surface area contributed by atoms with E-state index in [4.69, 9.17) is 9.26 Å². The highest BCUT2D eigenvalue weighted by atomic mass is 19.1. The van der Waals surface area contributed by atoms with Crippen molar-refractivity contribution in [1.29, 1.82) is 0 Å². The van der Waals surface area contributed by atoms with Crippen molar-refractivity contribution in [1.82, 2.24) is 10.1 Å². The summed E-state index contributed by atoms with van der Waals surface area (Å²) in [5.74, 6) is -0.209. The number of amides is 2. The van der Waals surface area contributed by atoms with Gasteiger partial charge in [-0.3, -0.25) is 10.1 Å². The van der Waals surface area contributed by atoms with Crippen molar-refractivity contribution in [2.75, 3.05) is 10.6 Å². The van der Waals surface area contributed by atoms with E-state index >= 15 is 0 Å². The van der Waals surface area contributed by atoms with Crippen LogP contribution < -0.4 is 10.6 Å². The van der Waals surface area contributed by atoms with Gasteiger partial charge in [0.25, 0.3) is 11.8 Å². The van der Waals surface area contributed by atoms with Gasteiger partial charge in [-0.25, -0.2) is 9.18 Å². The normalized spacial score (nSPS) is 11.1. The van der Waals surface area contributed by atoms with Crippen LogP contribution in [-0.4, -0.2) is 27.7 Å². The van der Waals surface area contributed by atoms with E-state index in [9.17, 15) is 14.0 Å². The van der Waals surface area contributed by atoms with Crippen LogP contribution in [0.25, 0.3) is 11.5 Å². The van der Waals surface area contributed by atoms with Crippen LogP contribution >= 0.6 is 0 Å². The Kier molecular flexibility index (Phi) is 5.81. The van der Waals surface area contributed by atoms with Crippen LogP contribution in [-0.2, 0) is 4.74 Å². The minimum Gasteiger partial charge on any atom is -0.444 e. The molecule has 2 N–H and O–H groups in total. The number of hydrogen-bond donors (Lipinski definition) is 2. The fourth-order valence-electron chi connectivity index (χ4n) is 2.52. The molecule has 0 radical (unpaired) electrons. The molecule has 0 fully saturated rings. The number of hydrogen-bond acceptors (Lipinski definition) is 6. The Morgan fingerprint density at radius 2 is 1.73 bits per heavy atom. The number of aromatic nitrogens is 2. The highest BCUT2D eigenvalue weighted by Gasteiger charge is 2.18. The number of ether oxygens (including phenoxy) is 1. The molecular formula is C21H21FN4O4. The van der Waals surface area contributed by atoms with Crippen molar-refractivity contribution >= 4 is 23.4 Å². The van der Waals surface area contributed by atoms with Gasteiger partial charge in [0.1, 0.15) is 11.4 Å². The first-order valence-corrected chi connectivity index (χ1v) is 9.12. The maximum atomic E-state index is 13.7. The summed E-state index contributed by atoms with van der Waals surface area (Å²) < 4.78 is 24.0. The van der Waals surface area contributed by atoms with Gasteiger partial charge < -0.3 is 14.6 Å². The van der Waals surface area contributed by atoms with E-state index in [0.29, 0.717) is 22.8 Å². The highest BCUT2D eigenvalue weighted by molar-refractivity contribution is 6.07. The maximum absolute atomic E-state index is 13.7. The minimum absolute atomic E-state index is 0.0995. The van der Waals surface area contributed by atoms with Crippen molar-refractivity contribution < 1.29 is 23.2 Å². The topological polar surface area (TPSA) is 106 Å². The fraction of sp³-hybridized carbons (Fsp3) is 0.238. The van der Waals surface area contributed by atoms with E-state index in [1.54, 1.807) is 52.0 Å². The number of aryl methyl sites for hydroxylation is 1. The third kappa shape index (κ3) is 5.40. The van der Waals surface area contributed by atoms with Crippen LogP contribution in [0.2, 0.25) is 0 Å². The molecule has 0 aliphatic heterocycles. The average molecular weight is 412 g/mol. The summed E-state index contributed by atoms with van der Waals surface area (Å²) in [6.45, 7) is 6.87. The number of benzene rings is 2. The first-order valence-electron chi connectivity index (χ1n) is 9.12. The molecule has 0 spiro atoms. The average Bonchev–Trinajstić information content (AvgIpc) is 3.09. The number of nitrogens with zero attached hydrogens (tertiary/aromatic N) is 2. The third-order valence-electron chi connectivity index (χ3n) is 3.79. The molecular weight excluding hydrogens is 391 g/mol.